The van der Waals surface area contributed by atoms with Gasteiger partial charge in [0, 0.05) is 13.7 Å². The first-order valence-electron chi connectivity index (χ1n) is 3.99. The molecule has 0 spiro atoms. The van der Waals surface area contributed by atoms with Crippen LogP contribution in [0.3, 0.4) is 0 Å². The number of nitrogens with two attached hydrogens (primary N) is 1. The van der Waals surface area contributed by atoms with Crippen molar-refractivity contribution in [2.24, 2.45) is 5.73 Å². The van der Waals surface area contributed by atoms with Gasteiger partial charge in [-0.25, -0.2) is 4.98 Å². The van der Waals surface area contributed by atoms with Gasteiger partial charge in [-0.15, -0.1) is 0 Å². The van der Waals surface area contributed by atoms with Crippen LogP contribution >= 0.6 is 0 Å². The van der Waals surface area contributed by atoms with E-state index in [9.17, 15) is 0 Å². The Hall–Kier alpha value is -1.20. The van der Waals surface area contributed by atoms with Crippen LogP contribution in [0.25, 0.3) is 0 Å². The highest BCUT2D eigenvalue weighted by atomic mass is 16.5. The van der Waals surface area contributed by atoms with Gasteiger partial charge in [0.15, 0.2) is 0 Å². The summed E-state index contributed by atoms with van der Waals surface area (Å²) in [5, 5.41) is 0. The monoisotopic (exact) mass is 183 g/mol. The molecule has 5 heteroatoms. The maximum Gasteiger partial charge on any atom is 0.232 e. The molecule has 0 fully saturated rings. The third kappa shape index (κ3) is 3.35. The van der Waals surface area contributed by atoms with Gasteiger partial charge in [0.1, 0.15) is 6.61 Å². The second-order valence-corrected chi connectivity index (χ2v) is 2.39. The Morgan fingerprint density at radius 2 is 2.15 bits per heavy atom. The molecule has 0 aliphatic heterocycles. The zero-order valence-electron chi connectivity index (χ0n) is 7.56. The third-order valence-electron chi connectivity index (χ3n) is 1.43. The maximum atomic E-state index is 5.36. The molecule has 0 radical (unpaired) electrons. The second-order valence-electron chi connectivity index (χ2n) is 2.39. The van der Waals surface area contributed by atoms with Crippen LogP contribution in [0.4, 0.5) is 0 Å². The van der Waals surface area contributed by atoms with Gasteiger partial charge < -0.3 is 15.2 Å². The summed E-state index contributed by atoms with van der Waals surface area (Å²) in [7, 11) is 1.62. The maximum absolute atomic E-state index is 5.36. The molecule has 0 atom stereocenters. The Labute approximate surface area is 76.9 Å². The first-order valence-corrected chi connectivity index (χ1v) is 3.99. The number of hydrogen-bond donors (Lipinski definition) is 1. The van der Waals surface area contributed by atoms with E-state index >= 15 is 0 Å². The zero-order chi connectivity index (χ0) is 9.52. The van der Waals surface area contributed by atoms with Crippen LogP contribution in [-0.4, -0.2) is 30.3 Å². The molecule has 0 saturated carbocycles. The molecule has 5 nitrogen and oxygen atoms in total. The van der Waals surface area contributed by atoms with Crippen molar-refractivity contribution in [1.82, 2.24) is 9.97 Å². The molecular formula is C8H13N3O2. The van der Waals surface area contributed by atoms with Crippen molar-refractivity contribution in [1.29, 1.82) is 0 Å². The van der Waals surface area contributed by atoms with Gasteiger partial charge in [0.25, 0.3) is 0 Å². The van der Waals surface area contributed by atoms with E-state index < -0.39 is 0 Å². The van der Waals surface area contributed by atoms with Crippen molar-refractivity contribution >= 4 is 0 Å². The minimum atomic E-state index is 0.394. The van der Waals surface area contributed by atoms with Gasteiger partial charge in [-0.1, -0.05) is 0 Å². The molecule has 2 N–H and O–H groups in total. The highest BCUT2D eigenvalue weighted by Gasteiger charge is 1.95. The fraction of sp³-hybridized carbons (Fsp3) is 0.500. The normalized spacial score (nSPS) is 10.0. The number of methoxy groups -OCH3 is 1. The van der Waals surface area contributed by atoms with E-state index in [1.165, 1.54) is 0 Å². The van der Waals surface area contributed by atoms with Crippen LogP contribution in [0.1, 0.15) is 5.69 Å². The fourth-order valence-corrected chi connectivity index (χ4v) is 0.752. The second kappa shape index (κ2) is 5.45. The highest BCUT2D eigenvalue weighted by molar-refractivity contribution is 5.06. The number of ether oxygens (including phenoxy) is 2. The van der Waals surface area contributed by atoms with Gasteiger partial charge in [0.05, 0.1) is 24.7 Å². The van der Waals surface area contributed by atoms with Crippen LogP contribution in [0, 0.1) is 0 Å². The summed E-state index contributed by atoms with van der Waals surface area (Å²) in [5.41, 5.74) is 6.11. The average Bonchev–Trinajstić information content (AvgIpc) is 2.19. The Kier molecular flexibility index (Phi) is 4.14. The minimum absolute atomic E-state index is 0.394. The SMILES string of the molecule is COCCOc1cnc(CN)cn1. The molecule has 72 valence electrons. The molecule has 0 aromatic carbocycles. The van der Waals surface area contributed by atoms with E-state index in [-0.39, 0.29) is 0 Å². The first-order chi connectivity index (χ1) is 6.36. The van der Waals surface area contributed by atoms with Crippen molar-refractivity contribution in [3.05, 3.63) is 18.1 Å². The van der Waals surface area contributed by atoms with Crippen molar-refractivity contribution in [2.45, 2.75) is 6.54 Å². The molecule has 1 aromatic heterocycles. The third-order valence-corrected chi connectivity index (χ3v) is 1.43. The van der Waals surface area contributed by atoms with Crippen LogP contribution in [0.5, 0.6) is 5.88 Å². The first kappa shape index (κ1) is 9.88. The van der Waals surface area contributed by atoms with Crippen molar-refractivity contribution in [3.8, 4) is 5.88 Å². The summed E-state index contributed by atoms with van der Waals surface area (Å²) in [5.74, 6) is 0.495. The largest absolute Gasteiger partial charge is 0.474 e. The molecule has 1 rings (SSSR count). The lowest BCUT2D eigenvalue weighted by molar-refractivity contribution is 0.143. The van der Waals surface area contributed by atoms with E-state index in [0.29, 0.717) is 25.6 Å². The smallest absolute Gasteiger partial charge is 0.232 e. The lowest BCUT2D eigenvalue weighted by atomic mass is 10.5. The average molecular weight is 183 g/mol. The number of rotatable bonds is 5. The molecular weight excluding hydrogens is 170 g/mol. The summed E-state index contributed by atoms with van der Waals surface area (Å²) < 4.78 is 10.0. The summed E-state index contributed by atoms with van der Waals surface area (Å²) in [6.45, 7) is 1.42. The Bertz CT molecular complexity index is 238. The summed E-state index contributed by atoms with van der Waals surface area (Å²) in [4.78, 5) is 8.02. The summed E-state index contributed by atoms with van der Waals surface area (Å²) >= 11 is 0. The Balaban J connectivity index is 2.40. The van der Waals surface area contributed by atoms with Crippen LogP contribution < -0.4 is 10.5 Å². The van der Waals surface area contributed by atoms with Gasteiger partial charge >= 0.3 is 0 Å². The van der Waals surface area contributed by atoms with E-state index in [0.717, 1.165) is 5.69 Å². The standard InChI is InChI=1S/C8H13N3O2/c1-12-2-3-13-8-6-10-7(4-9)5-11-8/h5-6H,2-4,9H2,1H3. The van der Waals surface area contributed by atoms with E-state index in [4.69, 9.17) is 15.2 Å². The number of hydrogen-bond acceptors (Lipinski definition) is 5. The Morgan fingerprint density at radius 3 is 2.69 bits per heavy atom. The predicted octanol–water partition coefficient (Wildman–Crippen LogP) is -0.0395. The molecule has 1 heterocycles. The number of aromatic nitrogens is 2. The minimum Gasteiger partial charge on any atom is -0.474 e. The highest BCUT2D eigenvalue weighted by Crippen LogP contribution is 2.02. The lowest BCUT2D eigenvalue weighted by Crippen LogP contribution is -2.06. The van der Waals surface area contributed by atoms with Gasteiger partial charge in [0.2, 0.25) is 5.88 Å². The molecule has 1 aromatic rings. The van der Waals surface area contributed by atoms with Crippen molar-refractivity contribution in [2.75, 3.05) is 20.3 Å². The quantitative estimate of drug-likeness (QED) is 0.648. The fourth-order valence-electron chi connectivity index (χ4n) is 0.752. The molecule has 0 aliphatic rings. The van der Waals surface area contributed by atoms with Crippen molar-refractivity contribution in [3.63, 3.8) is 0 Å². The predicted molar refractivity (Wildman–Crippen MR) is 47.3 cm³/mol. The molecule has 0 amide bonds. The molecule has 0 bridgehead atoms. The summed E-state index contributed by atoms with van der Waals surface area (Å²) in [6, 6.07) is 0. The Morgan fingerprint density at radius 1 is 1.31 bits per heavy atom. The van der Waals surface area contributed by atoms with E-state index in [1.807, 2.05) is 0 Å². The van der Waals surface area contributed by atoms with Crippen LogP contribution in [0.15, 0.2) is 12.4 Å². The summed E-state index contributed by atoms with van der Waals surface area (Å²) in [6.07, 6.45) is 3.15. The number of nitrogens with zero attached hydrogens (tertiary/aromatic N) is 2. The van der Waals surface area contributed by atoms with Crippen molar-refractivity contribution < 1.29 is 9.47 Å². The van der Waals surface area contributed by atoms with Gasteiger partial charge in [-0.2, -0.15) is 0 Å². The van der Waals surface area contributed by atoms with Crippen LogP contribution in [0.2, 0.25) is 0 Å². The molecule has 13 heavy (non-hydrogen) atoms. The van der Waals surface area contributed by atoms with Gasteiger partial charge in [-0.3, -0.25) is 4.98 Å². The lowest BCUT2D eigenvalue weighted by Gasteiger charge is -2.03. The van der Waals surface area contributed by atoms with E-state index in [1.54, 1.807) is 19.5 Å². The molecule has 0 saturated heterocycles. The topological polar surface area (TPSA) is 70.3 Å². The molecule has 0 unspecified atom stereocenters. The van der Waals surface area contributed by atoms with E-state index in [2.05, 4.69) is 9.97 Å². The van der Waals surface area contributed by atoms with Gasteiger partial charge in [-0.05, 0) is 0 Å². The molecule has 0 aliphatic carbocycles. The zero-order valence-corrected chi connectivity index (χ0v) is 7.56. The van der Waals surface area contributed by atoms with Crippen LogP contribution in [-0.2, 0) is 11.3 Å².